The highest BCUT2D eigenvalue weighted by Gasteiger charge is 2.20. The fourth-order valence-corrected chi connectivity index (χ4v) is 1.52. The lowest BCUT2D eigenvalue weighted by Crippen LogP contribution is -2.14. The predicted octanol–water partition coefficient (Wildman–Crippen LogP) is 1.01. The number of aliphatic hydroxyl groups is 1. The van der Waals surface area contributed by atoms with Crippen LogP contribution in [0, 0.1) is 0 Å². The van der Waals surface area contributed by atoms with Gasteiger partial charge in [0.05, 0.1) is 17.2 Å². The maximum Gasteiger partial charge on any atom is 0.336 e. The van der Waals surface area contributed by atoms with Gasteiger partial charge in [0.25, 0.3) is 0 Å². The summed E-state index contributed by atoms with van der Waals surface area (Å²) in [4.78, 5) is 21.8. The first-order chi connectivity index (χ1) is 7.43. The monoisotopic (exact) mass is 224 g/mol. The van der Waals surface area contributed by atoms with Gasteiger partial charge < -0.3 is 15.3 Å². The predicted molar refractivity (Wildman–Crippen MR) is 55.7 cm³/mol. The Morgan fingerprint density at radius 2 is 1.88 bits per heavy atom. The quantitative estimate of drug-likeness (QED) is 0.709. The van der Waals surface area contributed by atoms with Crippen LogP contribution in [-0.4, -0.2) is 33.4 Å². The molecule has 0 aliphatic rings. The number of carboxylic acids is 2. The average Bonchev–Trinajstić information content (AvgIpc) is 2.15. The smallest absolute Gasteiger partial charge is 0.336 e. The van der Waals surface area contributed by atoms with Crippen LogP contribution < -0.4 is 0 Å². The molecule has 5 nitrogen and oxygen atoms in total. The Labute approximate surface area is 92.0 Å². The van der Waals surface area contributed by atoms with Crippen molar-refractivity contribution in [2.45, 2.75) is 19.4 Å². The topological polar surface area (TPSA) is 94.8 Å². The van der Waals surface area contributed by atoms with Gasteiger partial charge in [-0.1, -0.05) is 12.1 Å². The zero-order valence-electron chi connectivity index (χ0n) is 8.67. The number of rotatable bonds is 4. The molecule has 1 rings (SSSR count). The normalized spacial score (nSPS) is 12.1. The van der Waals surface area contributed by atoms with E-state index in [0.29, 0.717) is 5.56 Å². The van der Waals surface area contributed by atoms with Gasteiger partial charge in [0.2, 0.25) is 0 Å². The molecule has 1 aromatic rings. The SMILES string of the molecule is CC(O)Cc1cccc(C(=O)O)c1C(=O)O. The first-order valence-electron chi connectivity index (χ1n) is 4.70. The van der Waals surface area contributed by atoms with Gasteiger partial charge in [0.15, 0.2) is 0 Å². The molecule has 0 heterocycles. The fraction of sp³-hybridized carbons (Fsp3) is 0.273. The molecule has 0 aliphatic carbocycles. The number of carboxylic acid groups (broad SMARTS) is 2. The summed E-state index contributed by atoms with van der Waals surface area (Å²) in [6, 6.07) is 4.20. The standard InChI is InChI=1S/C11H12O5/c1-6(12)5-7-3-2-4-8(10(13)14)9(7)11(15)16/h2-4,6,12H,5H2,1H3,(H,13,14)(H,15,16). The van der Waals surface area contributed by atoms with E-state index in [1.807, 2.05) is 0 Å². The first-order valence-corrected chi connectivity index (χ1v) is 4.70. The maximum absolute atomic E-state index is 11.0. The molecule has 1 unspecified atom stereocenters. The lowest BCUT2D eigenvalue weighted by atomic mass is 9.97. The third-order valence-electron chi connectivity index (χ3n) is 2.11. The van der Waals surface area contributed by atoms with Crippen LogP contribution >= 0.6 is 0 Å². The Hall–Kier alpha value is -1.88. The van der Waals surface area contributed by atoms with Crippen molar-refractivity contribution in [3.05, 3.63) is 34.9 Å². The number of hydrogen-bond acceptors (Lipinski definition) is 3. The minimum atomic E-state index is -1.30. The van der Waals surface area contributed by atoms with Crippen LogP contribution in [0.25, 0.3) is 0 Å². The summed E-state index contributed by atoms with van der Waals surface area (Å²) in [7, 11) is 0. The molecule has 0 saturated heterocycles. The Morgan fingerprint density at radius 3 is 2.31 bits per heavy atom. The molecule has 16 heavy (non-hydrogen) atoms. The lowest BCUT2D eigenvalue weighted by molar-refractivity contribution is 0.0649. The second-order valence-corrected chi connectivity index (χ2v) is 3.50. The third kappa shape index (κ3) is 2.58. The Balaban J connectivity index is 3.32. The second-order valence-electron chi connectivity index (χ2n) is 3.50. The van der Waals surface area contributed by atoms with E-state index in [9.17, 15) is 14.7 Å². The van der Waals surface area contributed by atoms with E-state index in [1.54, 1.807) is 0 Å². The molecule has 86 valence electrons. The van der Waals surface area contributed by atoms with Crippen LogP contribution in [-0.2, 0) is 6.42 Å². The molecule has 0 aromatic heterocycles. The zero-order valence-corrected chi connectivity index (χ0v) is 8.67. The Bertz CT molecular complexity index is 422. The fourth-order valence-electron chi connectivity index (χ4n) is 1.52. The van der Waals surface area contributed by atoms with Gasteiger partial charge in [-0.15, -0.1) is 0 Å². The number of benzene rings is 1. The van der Waals surface area contributed by atoms with E-state index in [-0.39, 0.29) is 17.5 Å². The zero-order chi connectivity index (χ0) is 12.3. The average molecular weight is 224 g/mol. The van der Waals surface area contributed by atoms with Gasteiger partial charge in [-0.25, -0.2) is 9.59 Å². The second kappa shape index (κ2) is 4.76. The van der Waals surface area contributed by atoms with Gasteiger partial charge in [-0.3, -0.25) is 0 Å². The van der Waals surface area contributed by atoms with Gasteiger partial charge in [0.1, 0.15) is 0 Å². The third-order valence-corrected chi connectivity index (χ3v) is 2.11. The van der Waals surface area contributed by atoms with Crippen molar-refractivity contribution in [1.29, 1.82) is 0 Å². The van der Waals surface area contributed by atoms with E-state index >= 15 is 0 Å². The van der Waals surface area contributed by atoms with Crippen LogP contribution in [0.5, 0.6) is 0 Å². The molecule has 1 atom stereocenters. The lowest BCUT2D eigenvalue weighted by Gasteiger charge is -2.10. The summed E-state index contributed by atoms with van der Waals surface area (Å²) in [5.41, 5.74) is -0.191. The summed E-state index contributed by atoms with van der Waals surface area (Å²) in [5, 5.41) is 27.0. The van der Waals surface area contributed by atoms with E-state index in [4.69, 9.17) is 10.2 Å². The van der Waals surface area contributed by atoms with Gasteiger partial charge in [0, 0.05) is 0 Å². The van der Waals surface area contributed by atoms with Crippen molar-refractivity contribution < 1.29 is 24.9 Å². The first kappa shape index (κ1) is 12.2. The Kier molecular flexibility index (Phi) is 3.63. The molecular formula is C11H12O5. The van der Waals surface area contributed by atoms with E-state index in [1.165, 1.54) is 25.1 Å². The highest BCUT2D eigenvalue weighted by Crippen LogP contribution is 2.17. The maximum atomic E-state index is 11.0. The molecule has 0 fully saturated rings. The minimum Gasteiger partial charge on any atom is -0.478 e. The molecule has 0 radical (unpaired) electrons. The van der Waals surface area contributed by atoms with Crippen molar-refractivity contribution in [3.63, 3.8) is 0 Å². The number of carbonyl (C=O) groups is 2. The number of aliphatic hydroxyl groups excluding tert-OH is 1. The van der Waals surface area contributed by atoms with Crippen LogP contribution in [0.2, 0.25) is 0 Å². The summed E-state index contributed by atoms with van der Waals surface area (Å²) >= 11 is 0. The van der Waals surface area contributed by atoms with Crippen LogP contribution in [0.15, 0.2) is 18.2 Å². The molecule has 5 heteroatoms. The van der Waals surface area contributed by atoms with Crippen molar-refractivity contribution in [1.82, 2.24) is 0 Å². The molecule has 0 saturated carbocycles. The molecule has 3 N–H and O–H groups in total. The molecular weight excluding hydrogens is 212 g/mol. The van der Waals surface area contributed by atoms with E-state index in [2.05, 4.69) is 0 Å². The number of hydrogen-bond donors (Lipinski definition) is 3. The summed E-state index contributed by atoms with van der Waals surface area (Å²) in [6.45, 7) is 1.51. The Morgan fingerprint density at radius 1 is 1.25 bits per heavy atom. The van der Waals surface area contributed by atoms with Crippen LogP contribution in [0.4, 0.5) is 0 Å². The molecule has 0 spiro atoms. The van der Waals surface area contributed by atoms with E-state index in [0.717, 1.165) is 0 Å². The highest BCUT2D eigenvalue weighted by molar-refractivity contribution is 6.02. The summed E-state index contributed by atoms with van der Waals surface area (Å²) in [5.74, 6) is -2.58. The van der Waals surface area contributed by atoms with Gasteiger partial charge in [-0.05, 0) is 25.0 Å². The van der Waals surface area contributed by atoms with Crippen molar-refractivity contribution >= 4 is 11.9 Å². The van der Waals surface area contributed by atoms with E-state index < -0.39 is 18.0 Å². The molecule has 1 aromatic carbocycles. The van der Waals surface area contributed by atoms with Crippen molar-refractivity contribution in [2.75, 3.05) is 0 Å². The summed E-state index contributed by atoms with van der Waals surface area (Å²) in [6.07, 6.45) is -0.606. The molecule has 0 aliphatic heterocycles. The largest absolute Gasteiger partial charge is 0.478 e. The summed E-state index contributed by atoms with van der Waals surface area (Å²) < 4.78 is 0. The van der Waals surface area contributed by atoms with Gasteiger partial charge >= 0.3 is 11.9 Å². The van der Waals surface area contributed by atoms with Gasteiger partial charge in [-0.2, -0.15) is 0 Å². The van der Waals surface area contributed by atoms with Crippen molar-refractivity contribution in [2.24, 2.45) is 0 Å². The van der Waals surface area contributed by atoms with Crippen LogP contribution in [0.1, 0.15) is 33.2 Å². The molecule has 0 amide bonds. The van der Waals surface area contributed by atoms with Crippen molar-refractivity contribution in [3.8, 4) is 0 Å². The minimum absolute atomic E-state index is 0.114. The number of aromatic carboxylic acids is 2. The molecule has 0 bridgehead atoms. The van der Waals surface area contributed by atoms with Crippen LogP contribution in [0.3, 0.4) is 0 Å². The highest BCUT2D eigenvalue weighted by atomic mass is 16.4.